The van der Waals surface area contributed by atoms with Crippen molar-refractivity contribution in [1.29, 1.82) is 0 Å². The number of carbonyl (C=O) groups excluding carboxylic acids is 4. The lowest BCUT2D eigenvalue weighted by Gasteiger charge is -2.26. The van der Waals surface area contributed by atoms with Crippen molar-refractivity contribution < 1.29 is 19.2 Å². The molecule has 0 heterocycles. The van der Waals surface area contributed by atoms with Gasteiger partial charge in [0.05, 0.1) is 6.42 Å². The van der Waals surface area contributed by atoms with E-state index in [9.17, 15) is 19.2 Å². The van der Waals surface area contributed by atoms with Gasteiger partial charge in [-0.25, -0.2) is 0 Å². The van der Waals surface area contributed by atoms with E-state index in [1.54, 1.807) is 24.3 Å². The summed E-state index contributed by atoms with van der Waals surface area (Å²) < 4.78 is 0. The fraction of sp³-hybridized carbons (Fsp3) is 0.371. The first-order valence-corrected chi connectivity index (χ1v) is 15.6. The van der Waals surface area contributed by atoms with Gasteiger partial charge in [0.25, 0.3) is 0 Å². The normalized spacial score (nSPS) is 12.8. The number of nitrogens with one attached hydrogen (secondary N) is 4. The van der Waals surface area contributed by atoms with E-state index in [1.807, 2.05) is 66.7 Å². The molecule has 0 spiro atoms. The maximum atomic E-state index is 13.7. The molecule has 3 aromatic carbocycles. The molecule has 0 saturated heterocycles. The summed E-state index contributed by atoms with van der Waals surface area (Å²) in [5, 5.41) is 11.5. The van der Waals surface area contributed by atoms with Gasteiger partial charge in [-0.05, 0) is 68.3 Å². The zero-order valence-electron chi connectivity index (χ0n) is 25.8. The molecule has 0 aliphatic heterocycles. The molecule has 4 amide bonds. The lowest BCUT2D eigenvalue weighted by molar-refractivity contribution is -0.134. The largest absolute Gasteiger partial charge is 0.350 e. The number of carbonyl (C=O) groups is 4. The Morgan fingerprint density at radius 3 is 1.60 bits per heavy atom. The highest BCUT2D eigenvalue weighted by atomic mass is 16.2. The first-order chi connectivity index (χ1) is 21.9. The molecule has 0 aromatic heterocycles. The number of hydrogen-bond donors (Lipinski definition) is 6. The summed E-state index contributed by atoms with van der Waals surface area (Å²) in [6, 6.07) is 24.9. The minimum Gasteiger partial charge on any atom is -0.350 e. The zero-order valence-corrected chi connectivity index (χ0v) is 25.8. The zero-order chi connectivity index (χ0) is 32.3. The summed E-state index contributed by atoms with van der Waals surface area (Å²) in [7, 11) is 0. The van der Waals surface area contributed by atoms with Gasteiger partial charge >= 0.3 is 0 Å². The number of rotatable bonds is 19. The molecule has 0 radical (unpaired) electrons. The van der Waals surface area contributed by atoms with Crippen molar-refractivity contribution in [2.75, 3.05) is 13.1 Å². The molecule has 45 heavy (non-hydrogen) atoms. The highest BCUT2D eigenvalue weighted by molar-refractivity contribution is 5.94. The Kier molecular flexibility index (Phi) is 15.3. The van der Waals surface area contributed by atoms with Crippen molar-refractivity contribution in [3.63, 3.8) is 0 Å². The molecule has 10 nitrogen and oxygen atoms in total. The third-order valence-electron chi connectivity index (χ3n) is 7.38. The monoisotopic (exact) mass is 614 g/mol. The molecular weight excluding hydrogens is 568 g/mol. The van der Waals surface area contributed by atoms with Crippen molar-refractivity contribution in [2.24, 2.45) is 11.5 Å². The summed E-state index contributed by atoms with van der Waals surface area (Å²) in [5.41, 5.74) is 13.7. The van der Waals surface area contributed by atoms with Gasteiger partial charge in [0.1, 0.15) is 18.1 Å². The Balaban J connectivity index is 1.75. The van der Waals surface area contributed by atoms with E-state index < -0.39 is 29.9 Å². The van der Waals surface area contributed by atoms with Crippen LogP contribution < -0.4 is 32.7 Å². The average molecular weight is 615 g/mol. The Morgan fingerprint density at radius 1 is 0.556 bits per heavy atom. The van der Waals surface area contributed by atoms with Crippen LogP contribution in [0.3, 0.4) is 0 Å². The van der Waals surface area contributed by atoms with Gasteiger partial charge in [0.15, 0.2) is 0 Å². The van der Waals surface area contributed by atoms with E-state index in [0.717, 1.165) is 11.1 Å². The number of benzene rings is 3. The van der Waals surface area contributed by atoms with Crippen molar-refractivity contribution in [1.82, 2.24) is 21.3 Å². The number of nitrogens with two attached hydrogens (primary N) is 2. The molecule has 0 saturated carbocycles. The maximum absolute atomic E-state index is 13.7. The second-order valence-electron chi connectivity index (χ2n) is 11.0. The van der Waals surface area contributed by atoms with Gasteiger partial charge in [-0.3, -0.25) is 19.2 Å². The minimum absolute atomic E-state index is 0.124. The van der Waals surface area contributed by atoms with Crippen LogP contribution in [0.4, 0.5) is 0 Å². The number of hydrogen-bond acceptors (Lipinski definition) is 6. The summed E-state index contributed by atoms with van der Waals surface area (Å²) in [6.45, 7) is 1.19. The van der Waals surface area contributed by atoms with E-state index in [1.165, 1.54) is 0 Å². The standard InChI is InChI=1S/C35H46N6O4/c36-22-12-10-20-29(39-31(42)24-26-14-4-1-5-15-26)33(43)40-30(21-11-13-23-37)34(44)41-32(28-18-8-3-9-19-28)35(45)38-25-27-16-6-2-7-17-27/h1-9,14-19,29-30,32H,10-13,20-25,36-37H2,(H,38,45)(H,39,42)(H,40,43)(H,41,44)/t29-,30-,32-/m0/s1. The predicted octanol–water partition coefficient (Wildman–Crippen LogP) is 2.63. The summed E-state index contributed by atoms with van der Waals surface area (Å²) in [6.07, 6.45) is 3.37. The van der Waals surface area contributed by atoms with Crippen molar-refractivity contribution in [2.45, 2.75) is 69.6 Å². The van der Waals surface area contributed by atoms with E-state index >= 15 is 0 Å². The van der Waals surface area contributed by atoms with Crippen LogP contribution in [0.25, 0.3) is 0 Å². The van der Waals surface area contributed by atoms with Crippen LogP contribution in [0.1, 0.15) is 61.3 Å². The number of unbranched alkanes of at least 4 members (excludes halogenated alkanes) is 2. The molecule has 3 atom stereocenters. The van der Waals surface area contributed by atoms with E-state index in [2.05, 4.69) is 21.3 Å². The van der Waals surface area contributed by atoms with Gasteiger partial charge in [0, 0.05) is 6.54 Å². The van der Waals surface area contributed by atoms with Crippen LogP contribution in [0.2, 0.25) is 0 Å². The van der Waals surface area contributed by atoms with E-state index in [-0.39, 0.29) is 18.2 Å². The third-order valence-corrected chi connectivity index (χ3v) is 7.38. The topological polar surface area (TPSA) is 168 Å². The summed E-state index contributed by atoms with van der Waals surface area (Å²) in [5.74, 6) is -1.64. The van der Waals surface area contributed by atoms with Crippen LogP contribution in [0.5, 0.6) is 0 Å². The first kappa shape index (κ1) is 34.9. The third kappa shape index (κ3) is 12.5. The summed E-state index contributed by atoms with van der Waals surface area (Å²) in [4.78, 5) is 53.6. The van der Waals surface area contributed by atoms with Crippen molar-refractivity contribution in [3.05, 3.63) is 108 Å². The lowest BCUT2D eigenvalue weighted by Crippen LogP contribution is -2.55. The molecule has 0 bridgehead atoms. The van der Waals surface area contributed by atoms with E-state index in [4.69, 9.17) is 11.5 Å². The SMILES string of the molecule is NCCCC[C@H](NC(=O)Cc1ccccc1)C(=O)N[C@@H](CCCCN)C(=O)N[C@H](C(=O)NCc1ccccc1)c1ccccc1. The molecule has 3 aromatic rings. The second kappa shape index (κ2) is 19.7. The Bertz CT molecular complexity index is 1320. The highest BCUT2D eigenvalue weighted by Gasteiger charge is 2.30. The molecule has 0 unspecified atom stereocenters. The number of amides is 4. The average Bonchev–Trinajstić information content (AvgIpc) is 3.06. The van der Waals surface area contributed by atoms with Gasteiger partial charge in [-0.15, -0.1) is 0 Å². The van der Waals surface area contributed by atoms with Gasteiger partial charge in [-0.1, -0.05) is 91.0 Å². The Hall–Kier alpha value is -4.54. The molecule has 10 heteroatoms. The predicted molar refractivity (Wildman–Crippen MR) is 175 cm³/mol. The summed E-state index contributed by atoms with van der Waals surface area (Å²) >= 11 is 0. The van der Waals surface area contributed by atoms with Gasteiger partial charge in [-0.2, -0.15) is 0 Å². The molecule has 8 N–H and O–H groups in total. The molecule has 3 rings (SSSR count). The maximum Gasteiger partial charge on any atom is 0.247 e. The fourth-order valence-corrected chi connectivity index (χ4v) is 4.90. The Labute approximate surface area is 265 Å². The smallest absolute Gasteiger partial charge is 0.247 e. The second-order valence-corrected chi connectivity index (χ2v) is 11.0. The Morgan fingerprint density at radius 2 is 1.04 bits per heavy atom. The lowest BCUT2D eigenvalue weighted by atomic mass is 10.0. The van der Waals surface area contributed by atoms with E-state index in [0.29, 0.717) is 63.7 Å². The molecule has 0 aliphatic rings. The molecule has 0 aliphatic carbocycles. The molecular formula is C35H46N6O4. The van der Waals surface area contributed by atoms with Crippen molar-refractivity contribution >= 4 is 23.6 Å². The highest BCUT2D eigenvalue weighted by Crippen LogP contribution is 2.15. The van der Waals surface area contributed by atoms with Crippen LogP contribution in [-0.2, 0) is 32.1 Å². The van der Waals surface area contributed by atoms with Crippen LogP contribution >= 0.6 is 0 Å². The van der Waals surface area contributed by atoms with Crippen LogP contribution in [-0.4, -0.2) is 48.8 Å². The van der Waals surface area contributed by atoms with Crippen LogP contribution in [0.15, 0.2) is 91.0 Å². The van der Waals surface area contributed by atoms with Crippen LogP contribution in [0, 0.1) is 0 Å². The fourth-order valence-electron chi connectivity index (χ4n) is 4.90. The molecule has 0 fully saturated rings. The quantitative estimate of drug-likeness (QED) is 0.114. The van der Waals surface area contributed by atoms with Crippen molar-refractivity contribution in [3.8, 4) is 0 Å². The van der Waals surface area contributed by atoms with Gasteiger partial charge < -0.3 is 32.7 Å². The first-order valence-electron chi connectivity index (χ1n) is 15.6. The minimum atomic E-state index is -0.984. The van der Waals surface area contributed by atoms with Gasteiger partial charge in [0.2, 0.25) is 23.6 Å². The molecule has 240 valence electrons.